The fraction of sp³-hybridized carbons (Fsp3) is 0.222. The molecular formula is C9H10BrIN2OS. The Hall–Kier alpha value is 0.210. The first-order valence-corrected chi connectivity index (χ1v) is 6.77. The lowest BCUT2D eigenvalue weighted by Gasteiger charge is -1.97. The lowest BCUT2D eigenvalue weighted by Crippen LogP contribution is -1.85. The van der Waals surface area contributed by atoms with Crippen LogP contribution in [0.5, 0.6) is 0 Å². The smallest absolute Gasteiger partial charge is 0.151 e. The van der Waals surface area contributed by atoms with E-state index in [1.54, 1.807) is 6.20 Å². The fourth-order valence-corrected chi connectivity index (χ4v) is 2.33. The summed E-state index contributed by atoms with van der Waals surface area (Å²) in [6.07, 6.45) is 3.69. The lowest BCUT2D eigenvalue weighted by molar-refractivity contribution is 0.830. The molecule has 2 aromatic rings. The standard InChI is InChI=1S/C7H4BrIN2OS.C2H6/c8-6-3-5-1-2-11(13-12-9)7(5)10-4-6;1-2/h1-4H;1-2H3. The predicted molar refractivity (Wildman–Crippen MR) is 76.9 cm³/mol. The molecule has 2 rings (SSSR count). The maximum atomic E-state index is 4.92. The summed E-state index contributed by atoms with van der Waals surface area (Å²) >= 11 is 6.45. The molecule has 0 fully saturated rings. The zero-order valence-corrected chi connectivity index (χ0v) is 12.8. The van der Waals surface area contributed by atoms with Crippen LogP contribution in [0, 0.1) is 0 Å². The molecule has 2 heterocycles. The Balaban J connectivity index is 0.000000531. The maximum absolute atomic E-state index is 4.92. The van der Waals surface area contributed by atoms with Gasteiger partial charge in [-0.15, -0.1) is 0 Å². The molecule has 3 nitrogen and oxygen atoms in total. The Morgan fingerprint density at radius 2 is 2.27 bits per heavy atom. The molecule has 0 amide bonds. The second kappa shape index (κ2) is 6.72. The van der Waals surface area contributed by atoms with E-state index in [0.29, 0.717) is 0 Å². The highest BCUT2D eigenvalue weighted by Crippen LogP contribution is 2.23. The summed E-state index contributed by atoms with van der Waals surface area (Å²) in [5.74, 6) is 0. The third-order valence-electron chi connectivity index (χ3n) is 1.57. The molecule has 0 bridgehead atoms. The van der Waals surface area contributed by atoms with Gasteiger partial charge in [-0.2, -0.15) is 0 Å². The quantitative estimate of drug-likeness (QED) is 0.544. The molecule has 0 radical (unpaired) electrons. The molecule has 0 unspecified atom stereocenters. The average molecular weight is 401 g/mol. The van der Waals surface area contributed by atoms with E-state index in [4.69, 9.17) is 2.51 Å². The van der Waals surface area contributed by atoms with Crippen LogP contribution in [0.25, 0.3) is 11.0 Å². The van der Waals surface area contributed by atoms with Gasteiger partial charge in [0.25, 0.3) is 0 Å². The molecule has 0 saturated carbocycles. The second-order valence-corrected chi connectivity index (χ2v) is 5.01. The highest BCUT2D eigenvalue weighted by molar-refractivity contribution is 14.1. The molecule has 0 aliphatic rings. The van der Waals surface area contributed by atoms with Crippen molar-refractivity contribution in [2.24, 2.45) is 0 Å². The number of rotatable bonds is 2. The van der Waals surface area contributed by atoms with Crippen molar-refractivity contribution in [1.29, 1.82) is 0 Å². The molecular weight excluding hydrogens is 391 g/mol. The Kier molecular flexibility index (Phi) is 5.95. The monoisotopic (exact) mass is 400 g/mol. The molecule has 0 spiro atoms. The molecule has 0 N–H and O–H groups in total. The SMILES string of the molecule is Brc1cnc2c(ccn2SOI)c1.CC. The van der Waals surface area contributed by atoms with E-state index in [-0.39, 0.29) is 0 Å². The molecule has 6 heteroatoms. The summed E-state index contributed by atoms with van der Waals surface area (Å²) in [4.78, 5) is 4.27. The minimum absolute atomic E-state index is 0.907. The van der Waals surface area contributed by atoms with Crippen LogP contribution in [0.3, 0.4) is 0 Å². The van der Waals surface area contributed by atoms with E-state index in [1.807, 2.05) is 59.2 Å². The van der Waals surface area contributed by atoms with Crippen molar-refractivity contribution in [3.63, 3.8) is 0 Å². The lowest BCUT2D eigenvalue weighted by atomic mass is 10.3. The van der Waals surface area contributed by atoms with Crippen molar-refractivity contribution in [2.45, 2.75) is 13.8 Å². The van der Waals surface area contributed by atoms with Gasteiger partial charge in [-0.3, -0.25) is 3.97 Å². The molecule has 0 saturated heterocycles. The molecule has 0 aliphatic carbocycles. The summed E-state index contributed by atoms with van der Waals surface area (Å²) in [6.45, 7) is 4.00. The van der Waals surface area contributed by atoms with E-state index in [1.165, 1.54) is 12.2 Å². The Labute approximate surface area is 116 Å². The van der Waals surface area contributed by atoms with Crippen molar-refractivity contribution >= 4 is 62.2 Å². The highest BCUT2D eigenvalue weighted by Gasteiger charge is 2.02. The van der Waals surface area contributed by atoms with Gasteiger partial charge >= 0.3 is 0 Å². The molecule has 2 aromatic heterocycles. The van der Waals surface area contributed by atoms with Crippen LogP contribution in [0.1, 0.15) is 13.8 Å². The first kappa shape index (κ1) is 13.3. The summed E-state index contributed by atoms with van der Waals surface area (Å²) in [5, 5.41) is 1.09. The van der Waals surface area contributed by atoms with Gasteiger partial charge in [0.15, 0.2) is 5.65 Å². The Bertz CT molecular complexity index is 435. The van der Waals surface area contributed by atoms with Crippen LogP contribution >= 0.6 is 51.2 Å². The first-order valence-electron chi connectivity index (χ1n) is 4.39. The molecule has 15 heavy (non-hydrogen) atoms. The van der Waals surface area contributed by atoms with E-state index >= 15 is 0 Å². The number of hydrogen-bond acceptors (Lipinski definition) is 3. The van der Waals surface area contributed by atoms with Crippen LogP contribution in [0.15, 0.2) is 29.0 Å². The minimum atomic E-state index is 0.907. The normalized spacial score (nSPS) is 9.87. The second-order valence-electron chi connectivity index (χ2n) is 2.35. The Morgan fingerprint density at radius 1 is 1.53 bits per heavy atom. The number of fused-ring (bicyclic) bond motifs is 1. The van der Waals surface area contributed by atoms with Crippen LogP contribution in [-0.2, 0) is 2.51 Å². The van der Waals surface area contributed by atoms with Crippen molar-refractivity contribution in [3.05, 3.63) is 29.0 Å². The van der Waals surface area contributed by atoms with Gasteiger partial charge < -0.3 is 0 Å². The average Bonchev–Trinajstić information content (AvgIpc) is 2.64. The van der Waals surface area contributed by atoms with Crippen molar-refractivity contribution in [2.75, 3.05) is 0 Å². The van der Waals surface area contributed by atoms with Crippen LogP contribution in [0.4, 0.5) is 0 Å². The third kappa shape index (κ3) is 3.33. The molecule has 0 aliphatic heterocycles. The molecule has 82 valence electrons. The maximum Gasteiger partial charge on any atom is 0.151 e. The van der Waals surface area contributed by atoms with Gasteiger partial charge in [-0.25, -0.2) is 7.50 Å². The minimum Gasteiger partial charge on any atom is -0.251 e. The van der Waals surface area contributed by atoms with Crippen molar-refractivity contribution in [3.8, 4) is 0 Å². The van der Waals surface area contributed by atoms with Gasteiger partial charge in [-0.05, 0) is 28.1 Å². The van der Waals surface area contributed by atoms with Crippen molar-refractivity contribution < 1.29 is 2.51 Å². The number of nitrogens with zero attached hydrogens (tertiary/aromatic N) is 2. The topological polar surface area (TPSA) is 27.1 Å². The number of halogens is 2. The first-order chi connectivity index (χ1) is 7.31. The zero-order chi connectivity index (χ0) is 11.3. The highest BCUT2D eigenvalue weighted by atomic mass is 127. The third-order valence-corrected chi connectivity index (χ3v) is 3.00. The summed E-state index contributed by atoms with van der Waals surface area (Å²) < 4.78 is 7.78. The van der Waals surface area contributed by atoms with Crippen LogP contribution in [-0.4, -0.2) is 8.96 Å². The van der Waals surface area contributed by atoms with Crippen LogP contribution in [0.2, 0.25) is 0 Å². The van der Waals surface area contributed by atoms with E-state index in [9.17, 15) is 0 Å². The van der Waals surface area contributed by atoms with Crippen LogP contribution < -0.4 is 0 Å². The summed E-state index contributed by atoms with van der Waals surface area (Å²) in [5.41, 5.74) is 0.907. The Morgan fingerprint density at radius 3 is 2.93 bits per heavy atom. The van der Waals surface area contributed by atoms with E-state index < -0.39 is 0 Å². The van der Waals surface area contributed by atoms with Gasteiger partial charge in [-0.1, -0.05) is 13.8 Å². The van der Waals surface area contributed by atoms with Gasteiger partial charge in [0, 0.05) is 22.3 Å². The van der Waals surface area contributed by atoms with Crippen molar-refractivity contribution in [1.82, 2.24) is 8.96 Å². The van der Waals surface area contributed by atoms with Gasteiger partial charge in [0.2, 0.25) is 0 Å². The number of pyridine rings is 1. The summed E-state index contributed by atoms with van der Waals surface area (Å²) in [7, 11) is 0. The van der Waals surface area contributed by atoms with Gasteiger partial charge in [0.05, 0.1) is 0 Å². The molecule has 0 atom stereocenters. The largest absolute Gasteiger partial charge is 0.251 e. The number of aromatic nitrogens is 2. The molecule has 0 aromatic carbocycles. The zero-order valence-electron chi connectivity index (χ0n) is 8.28. The van der Waals surface area contributed by atoms with E-state index in [2.05, 4.69) is 20.9 Å². The number of hydrogen-bond donors (Lipinski definition) is 0. The predicted octanol–water partition coefficient (Wildman–Crippen LogP) is 4.60. The van der Waals surface area contributed by atoms with Gasteiger partial charge in [0.1, 0.15) is 35.2 Å². The van der Waals surface area contributed by atoms with E-state index in [0.717, 1.165) is 15.5 Å². The fourth-order valence-electron chi connectivity index (χ4n) is 1.06. The summed E-state index contributed by atoms with van der Waals surface area (Å²) in [6, 6.07) is 4.02.